The van der Waals surface area contributed by atoms with E-state index >= 15 is 0 Å². The van der Waals surface area contributed by atoms with Gasteiger partial charge in [0.25, 0.3) is 5.91 Å². The van der Waals surface area contributed by atoms with Crippen molar-refractivity contribution < 1.29 is 18.7 Å². The molecule has 7 rings (SSSR count). The summed E-state index contributed by atoms with van der Waals surface area (Å²) in [6.45, 7) is 5.04. The van der Waals surface area contributed by atoms with Crippen molar-refractivity contribution in [1.82, 2.24) is 24.6 Å². The molecule has 3 aromatic heterocycles. The molecule has 232 valence electrons. The summed E-state index contributed by atoms with van der Waals surface area (Å²) >= 11 is 0. The maximum atomic E-state index is 13.5. The number of likely N-dealkylation sites (tertiary alicyclic amines) is 1. The number of benzene rings is 2. The highest BCUT2D eigenvalue weighted by atomic mass is 16.5. The van der Waals surface area contributed by atoms with E-state index in [4.69, 9.17) is 24.7 Å². The quantitative estimate of drug-likeness (QED) is 0.178. The van der Waals surface area contributed by atoms with Gasteiger partial charge in [0.15, 0.2) is 5.65 Å². The third-order valence-electron chi connectivity index (χ3n) is 8.27. The first-order valence-electron chi connectivity index (χ1n) is 15.2. The van der Waals surface area contributed by atoms with E-state index in [2.05, 4.69) is 16.5 Å². The Kier molecular flexibility index (Phi) is 7.79. The number of ether oxygens (including phenoxy) is 2. The molecule has 1 aliphatic carbocycles. The number of anilines is 1. The Labute approximate surface area is 264 Å². The van der Waals surface area contributed by atoms with E-state index in [0.717, 1.165) is 47.4 Å². The van der Waals surface area contributed by atoms with Crippen LogP contribution < -0.4 is 20.8 Å². The van der Waals surface area contributed by atoms with Gasteiger partial charge in [-0.1, -0.05) is 30.9 Å². The molecule has 0 saturated carbocycles. The van der Waals surface area contributed by atoms with Gasteiger partial charge in [-0.3, -0.25) is 4.79 Å². The molecule has 46 heavy (non-hydrogen) atoms. The fourth-order valence-electron chi connectivity index (χ4n) is 5.94. The fraction of sp³-hybridized carbons (Fsp3) is 0.229. The summed E-state index contributed by atoms with van der Waals surface area (Å²) in [5.74, 6) is 2.33. The van der Waals surface area contributed by atoms with Crippen molar-refractivity contribution in [3.63, 3.8) is 0 Å². The van der Waals surface area contributed by atoms with Gasteiger partial charge in [-0.05, 0) is 61.2 Å². The van der Waals surface area contributed by atoms with E-state index < -0.39 is 5.63 Å². The number of amides is 1. The van der Waals surface area contributed by atoms with Crippen molar-refractivity contribution in [3.05, 3.63) is 113 Å². The molecule has 2 aliphatic rings. The van der Waals surface area contributed by atoms with E-state index in [1.54, 1.807) is 29.2 Å². The summed E-state index contributed by atoms with van der Waals surface area (Å²) in [7, 11) is 0. The Hall–Kier alpha value is -5.71. The number of nitrogens with two attached hydrogens (primary N) is 1. The lowest BCUT2D eigenvalue weighted by atomic mass is 9.99. The smallest absolute Gasteiger partial charge is 0.336 e. The molecule has 0 spiro atoms. The first-order chi connectivity index (χ1) is 22.4. The van der Waals surface area contributed by atoms with Gasteiger partial charge in [0.05, 0.1) is 11.4 Å². The molecule has 1 saturated heterocycles. The number of nitrogen functional groups attached to an aromatic ring is 1. The maximum absolute atomic E-state index is 13.5. The summed E-state index contributed by atoms with van der Waals surface area (Å²) in [6.07, 6.45) is 8.48. The van der Waals surface area contributed by atoms with Crippen molar-refractivity contribution in [3.8, 4) is 11.5 Å². The van der Waals surface area contributed by atoms with Crippen LogP contribution in [0.2, 0.25) is 0 Å². The number of rotatable bonds is 8. The first-order valence-corrected chi connectivity index (χ1v) is 15.2. The third-order valence-corrected chi connectivity index (χ3v) is 8.27. The molecule has 11 heteroatoms. The number of nitrogens with zero attached hydrogens (tertiary/aromatic N) is 5. The van der Waals surface area contributed by atoms with Gasteiger partial charge in [0.1, 0.15) is 47.3 Å². The highest BCUT2D eigenvalue weighted by molar-refractivity contribution is 5.96. The molecular weight excluding hydrogens is 584 g/mol. The summed E-state index contributed by atoms with van der Waals surface area (Å²) in [5, 5.41) is 6.52. The zero-order valence-electron chi connectivity index (χ0n) is 25.1. The van der Waals surface area contributed by atoms with Crippen LogP contribution in [0, 0.1) is 0 Å². The van der Waals surface area contributed by atoms with Crippen molar-refractivity contribution in [2.24, 2.45) is 0 Å². The topological polar surface area (TPSA) is 139 Å². The van der Waals surface area contributed by atoms with Crippen LogP contribution in [0.3, 0.4) is 0 Å². The lowest BCUT2D eigenvalue weighted by Crippen LogP contribution is -2.42. The predicted molar refractivity (Wildman–Crippen MR) is 174 cm³/mol. The number of hydrogen-bond acceptors (Lipinski definition) is 9. The molecule has 5 aromatic rings. The lowest BCUT2D eigenvalue weighted by Gasteiger charge is -2.33. The maximum Gasteiger partial charge on any atom is 0.336 e. The molecule has 0 unspecified atom stereocenters. The minimum Gasteiger partial charge on any atom is -0.489 e. The van der Waals surface area contributed by atoms with Crippen molar-refractivity contribution in [2.45, 2.75) is 31.7 Å². The van der Waals surface area contributed by atoms with Crippen LogP contribution in [0.15, 0.2) is 106 Å². The average molecular weight is 617 g/mol. The molecule has 11 nitrogen and oxygen atoms in total. The van der Waals surface area contributed by atoms with Gasteiger partial charge in [-0.15, -0.1) is 0 Å². The van der Waals surface area contributed by atoms with E-state index in [-0.39, 0.29) is 18.6 Å². The van der Waals surface area contributed by atoms with Gasteiger partial charge >= 0.3 is 5.63 Å². The summed E-state index contributed by atoms with van der Waals surface area (Å²) in [4.78, 5) is 35.7. The zero-order valence-corrected chi connectivity index (χ0v) is 25.1. The standard InChI is InChI=1S/C35H32N6O5/c1-22(20-44-28-15-9-23-12-16-30(42)46-29(23)18-28)35(43)40-17-5-6-25(19-40)41-34-31(33(36)37-21-38-34)32(39-41)24-10-13-27(14-11-24)45-26-7-3-2-4-8-26/h2-4,7-10,12-13,15-16,18,21,25H,1,5-6,11,14,17,19-20H2,(H2,36,37,38)/t25-/m1/s1. The summed E-state index contributed by atoms with van der Waals surface area (Å²) in [6, 6.07) is 17.8. The predicted octanol–water partition coefficient (Wildman–Crippen LogP) is 5.45. The Morgan fingerprint density at radius 2 is 1.89 bits per heavy atom. The molecule has 2 N–H and O–H groups in total. The number of carbonyl (C=O) groups excluding carboxylic acids is 1. The molecule has 1 atom stereocenters. The van der Waals surface area contributed by atoms with E-state index in [0.29, 0.717) is 53.3 Å². The van der Waals surface area contributed by atoms with Crippen molar-refractivity contribution in [1.29, 1.82) is 0 Å². The molecule has 1 fully saturated rings. The van der Waals surface area contributed by atoms with E-state index in [1.807, 2.05) is 47.2 Å². The van der Waals surface area contributed by atoms with Gasteiger partial charge in [0, 0.05) is 42.6 Å². The Morgan fingerprint density at radius 1 is 1.04 bits per heavy atom. The number of aromatic nitrogens is 4. The number of hydrogen-bond donors (Lipinski definition) is 1. The van der Waals surface area contributed by atoms with Crippen molar-refractivity contribution in [2.75, 3.05) is 25.4 Å². The van der Waals surface area contributed by atoms with E-state index in [1.165, 1.54) is 12.4 Å². The van der Waals surface area contributed by atoms with E-state index in [9.17, 15) is 9.59 Å². The zero-order chi connectivity index (χ0) is 31.6. The number of allylic oxidation sites excluding steroid dienone is 4. The normalized spacial score (nSPS) is 16.6. The first kappa shape index (κ1) is 29.0. The minimum absolute atomic E-state index is 0.00116. The van der Waals surface area contributed by atoms with Crippen LogP contribution in [-0.4, -0.2) is 50.3 Å². The molecule has 1 aliphatic heterocycles. The Balaban J connectivity index is 1.07. The largest absolute Gasteiger partial charge is 0.489 e. The Morgan fingerprint density at radius 3 is 2.72 bits per heavy atom. The van der Waals surface area contributed by atoms with Crippen LogP contribution in [-0.2, 0) is 4.79 Å². The van der Waals surface area contributed by atoms with Gasteiger partial charge in [-0.25, -0.2) is 19.4 Å². The molecule has 1 amide bonds. The number of carbonyl (C=O) groups is 1. The second-order valence-corrected chi connectivity index (χ2v) is 11.4. The van der Waals surface area contributed by atoms with Gasteiger partial charge < -0.3 is 24.5 Å². The van der Waals surface area contributed by atoms with Gasteiger partial charge in [0.2, 0.25) is 0 Å². The summed E-state index contributed by atoms with van der Waals surface area (Å²) < 4.78 is 19.0. The minimum atomic E-state index is -0.440. The molecule has 4 heterocycles. The molecule has 0 bridgehead atoms. The average Bonchev–Trinajstić information content (AvgIpc) is 3.48. The highest BCUT2D eigenvalue weighted by Crippen LogP contribution is 2.36. The summed E-state index contributed by atoms with van der Waals surface area (Å²) in [5.41, 5.74) is 9.09. The fourth-order valence-corrected chi connectivity index (χ4v) is 5.94. The van der Waals surface area contributed by atoms with Gasteiger partial charge in [-0.2, -0.15) is 5.10 Å². The lowest BCUT2D eigenvalue weighted by molar-refractivity contribution is -0.129. The van der Waals surface area contributed by atoms with Crippen LogP contribution >= 0.6 is 0 Å². The van der Waals surface area contributed by atoms with Crippen LogP contribution in [0.5, 0.6) is 11.5 Å². The monoisotopic (exact) mass is 616 g/mol. The number of piperidine rings is 1. The number of fused-ring (bicyclic) bond motifs is 2. The second kappa shape index (κ2) is 12.4. The third kappa shape index (κ3) is 5.86. The second-order valence-electron chi connectivity index (χ2n) is 11.4. The van der Waals surface area contributed by atoms with Crippen LogP contribution in [0.25, 0.3) is 27.6 Å². The van der Waals surface area contributed by atoms with Crippen LogP contribution in [0.1, 0.15) is 37.4 Å². The van der Waals surface area contributed by atoms with Crippen LogP contribution in [0.4, 0.5) is 5.82 Å². The molecular formula is C35H32N6O5. The highest BCUT2D eigenvalue weighted by Gasteiger charge is 2.30. The number of para-hydroxylation sites is 1. The molecule has 2 aromatic carbocycles. The molecule has 0 radical (unpaired) electrons. The SMILES string of the molecule is C=C(COc1ccc2ccc(=O)oc2c1)C(=O)N1CCC[C@@H](n2nc(C3=CC=C(Oc4ccccc4)CC3)c3c(N)ncnc32)C1. The Bertz CT molecular complexity index is 2080. The van der Waals surface area contributed by atoms with Crippen molar-refractivity contribution >= 4 is 39.3 Å².